The molecule has 5 rings (SSSR count). The first-order valence-corrected chi connectivity index (χ1v) is 13.6. The average molecular weight is 491 g/mol. The predicted octanol–water partition coefficient (Wildman–Crippen LogP) is 3.86. The van der Waals surface area contributed by atoms with Crippen molar-refractivity contribution < 1.29 is 4.79 Å². The van der Waals surface area contributed by atoms with Gasteiger partial charge in [0, 0.05) is 37.9 Å². The molecule has 2 aliphatic rings. The number of nitrogens with zero attached hydrogens (tertiary/aromatic N) is 6. The molecule has 0 spiro atoms. The van der Waals surface area contributed by atoms with E-state index in [4.69, 9.17) is 0 Å². The second kappa shape index (κ2) is 11.4. The predicted molar refractivity (Wildman–Crippen MR) is 140 cm³/mol. The fourth-order valence-electron chi connectivity index (χ4n) is 4.99. The van der Waals surface area contributed by atoms with Crippen LogP contribution in [0.4, 0.5) is 0 Å². The highest BCUT2D eigenvalue weighted by atomic mass is 32.2. The van der Waals surface area contributed by atoms with Crippen LogP contribution in [0.1, 0.15) is 37.2 Å². The lowest BCUT2D eigenvalue weighted by molar-refractivity contribution is -0.130. The Hall–Kier alpha value is -2.68. The number of benzene rings is 2. The van der Waals surface area contributed by atoms with Gasteiger partial charge in [0.2, 0.25) is 5.91 Å². The molecule has 2 aromatic carbocycles. The lowest BCUT2D eigenvalue weighted by Crippen LogP contribution is -2.49. The Morgan fingerprint density at radius 2 is 1.54 bits per heavy atom. The monoisotopic (exact) mass is 490 g/mol. The molecule has 2 saturated heterocycles. The quantitative estimate of drug-likeness (QED) is 0.447. The van der Waals surface area contributed by atoms with Crippen LogP contribution in [0.25, 0.3) is 5.69 Å². The number of likely N-dealkylation sites (tertiary alicyclic amines) is 1. The fourth-order valence-corrected chi connectivity index (χ4v) is 5.87. The minimum absolute atomic E-state index is 0.172. The molecule has 184 valence electrons. The number of rotatable bonds is 8. The molecule has 1 unspecified atom stereocenters. The Labute approximate surface area is 212 Å². The highest BCUT2D eigenvalue weighted by molar-refractivity contribution is 7.99. The summed E-state index contributed by atoms with van der Waals surface area (Å²) < 4.78 is 2.12. The summed E-state index contributed by atoms with van der Waals surface area (Å²) in [4.78, 5) is 20.0. The Bertz CT molecular complexity index is 1090. The number of hydrogen-bond donors (Lipinski definition) is 0. The van der Waals surface area contributed by atoms with Crippen molar-refractivity contribution >= 4 is 17.7 Å². The van der Waals surface area contributed by atoms with E-state index in [1.165, 1.54) is 30.2 Å². The van der Waals surface area contributed by atoms with Gasteiger partial charge in [0.15, 0.2) is 11.0 Å². The highest BCUT2D eigenvalue weighted by Crippen LogP contribution is 2.25. The Morgan fingerprint density at radius 1 is 0.886 bits per heavy atom. The van der Waals surface area contributed by atoms with Gasteiger partial charge in [0.05, 0.1) is 12.3 Å². The van der Waals surface area contributed by atoms with Gasteiger partial charge < -0.3 is 4.90 Å². The number of piperazine rings is 1. The Morgan fingerprint density at radius 3 is 2.23 bits per heavy atom. The van der Waals surface area contributed by atoms with Gasteiger partial charge in [-0.3, -0.25) is 19.2 Å². The standard InChI is InChI=1S/C27H34N6OS/c1-22(23-10-4-2-5-11-23)31-16-18-32(19-17-31)26(34)21-35-27-29-28-25(20-30-14-8-9-15-30)33(27)24-12-6-3-7-13-24/h2-7,10-13,22H,8-9,14-21H2,1H3. The third kappa shape index (κ3) is 5.77. The van der Waals surface area contributed by atoms with Crippen molar-refractivity contribution in [3.8, 4) is 5.69 Å². The van der Waals surface area contributed by atoms with Crippen LogP contribution in [0.15, 0.2) is 65.8 Å². The molecule has 7 nitrogen and oxygen atoms in total. The van der Waals surface area contributed by atoms with E-state index in [0.29, 0.717) is 11.8 Å². The summed E-state index contributed by atoms with van der Waals surface area (Å²) in [5.74, 6) is 1.49. The van der Waals surface area contributed by atoms with Crippen molar-refractivity contribution in [2.24, 2.45) is 0 Å². The van der Waals surface area contributed by atoms with Gasteiger partial charge in [-0.15, -0.1) is 10.2 Å². The average Bonchev–Trinajstić information content (AvgIpc) is 3.58. The first-order valence-electron chi connectivity index (χ1n) is 12.6. The van der Waals surface area contributed by atoms with Gasteiger partial charge in [-0.2, -0.15) is 0 Å². The summed E-state index contributed by atoms with van der Waals surface area (Å²) in [6.45, 7) is 8.58. The molecule has 0 bridgehead atoms. The first-order chi connectivity index (χ1) is 17.2. The van der Waals surface area contributed by atoms with Gasteiger partial charge in [-0.05, 0) is 50.6 Å². The van der Waals surface area contributed by atoms with Crippen molar-refractivity contribution in [2.45, 2.75) is 37.5 Å². The van der Waals surface area contributed by atoms with Gasteiger partial charge in [0.1, 0.15) is 0 Å². The van der Waals surface area contributed by atoms with E-state index in [1.807, 2.05) is 23.1 Å². The van der Waals surface area contributed by atoms with Gasteiger partial charge in [0.25, 0.3) is 0 Å². The molecule has 1 aromatic heterocycles. The molecule has 35 heavy (non-hydrogen) atoms. The summed E-state index contributed by atoms with van der Waals surface area (Å²) >= 11 is 1.49. The minimum Gasteiger partial charge on any atom is -0.339 e. The van der Waals surface area contributed by atoms with Crippen LogP contribution in [-0.4, -0.2) is 80.4 Å². The summed E-state index contributed by atoms with van der Waals surface area (Å²) in [6, 6.07) is 21.2. The van der Waals surface area contributed by atoms with Crippen LogP contribution < -0.4 is 0 Å². The zero-order chi connectivity index (χ0) is 24.0. The van der Waals surface area contributed by atoms with Crippen LogP contribution in [0.3, 0.4) is 0 Å². The zero-order valence-corrected chi connectivity index (χ0v) is 21.2. The molecule has 0 N–H and O–H groups in total. The normalized spacial score (nSPS) is 18.1. The van der Waals surface area contributed by atoms with Crippen molar-refractivity contribution in [1.82, 2.24) is 29.5 Å². The lowest BCUT2D eigenvalue weighted by Gasteiger charge is -2.38. The molecule has 0 aliphatic carbocycles. The van der Waals surface area contributed by atoms with Crippen molar-refractivity contribution in [2.75, 3.05) is 45.0 Å². The SMILES string of the molecule is CC(c1ccccc1)N1CCN(C(=O)CSc2nnc(CN3CCCC3)n2-c2ccccc2)CC1. The molecule has 1 amide bonds. The van der Waals surface area contributed by atoms with Crippen molar-refractivity contribution in [1.29, 1.82) is 0 Å². The second-order valence-corrected chi connectivity index (χ2v) is 10.3. The third-order valence-corrected chi connectivity index (χ3v) is 8.01. The van der Waals surface area contributed by atoms with Crippen molar-refractivity contribution in [3.63, 3.8) is 0 Å². The van der Waals surface area contributed by atoms with E-state index in [-0.39, 0.29) is 5.91 Å². The molecule has 0 radical (unpaired) electrons. The fraction of sp³-hybridized carbons (Fsp3) is 0.444. The summed E-state index contributed by atoms with van der Waals surface area (Å²) in [5, 5.41) is 9.80. The lowest BCUT2D eigenvalue weighted by atomic mass is 10.1. The maximum Gasteiger partial charge on any atom is 0.233 e. The maximum atomic E-state index is 13.1. The van der Waals surface area contributed by atoms with Gasteiger partial charge >= 0.3 is 0 Å². The van der Waals surface area contributed by atoms with E-state index in [2.05, 4.69) is 74.0 Å². The number of para-hydroxylation sites is 1. The Balaban J connectivity index is 1.20. The van der Waals surface area contributed by atoms with E-state index in [0.717, 1.165) is 62.5 Å². The highest BCUT2D eigenvalue weighted by Gasteiger charge is 2.26. The van der Waals surface area contributed by atoms with E-state index in [9.17, 15) is 4.79 Å². The molecule has 3 heterocycles. The Kier molecular flexibility index (Phi) is 7.81. The minimum atomic E-state index is 0.172. The molecule has 2 aliphatic heterocycles. The molecule has 2 fully saturated rings. The van der Waals surface area contributed by atoms with Gasteiger partial charge in [-0.25, -0.2) is 0 Å². The molecule has 0 saturated carbocycles. The molecular formula is C27H34N6OS. The summed E-state index contributed by atoms with van der Waals surface area (Å²) in [5.41, 5.74) is 2.37. The first kappa shape index (κ1) is 24.0. The number of carbonyl (C=O) groups excluding carboxylic acids is 1. The zero-order valence-electron chi connectivity index (χ0n) is 20.4. The largest absolute Gasteiger partial charge is 0.339 e. The van der Waals surface area contributed by atoms with E-state index in [1.54, 1.807) is 0 Å². The maximum absolute atomic E-state index is 13.1. The van der Waals surface area contributed by atoms with Crippen LogP contribution in [0.2, 0.25) is 0 Å². The van der Waals surface area contributed by atoms with Crippen molar-refractivity contribution in [3.05, 3.63) is 72.1 Å². The second-order valence-electron chi connectivity index (χ2n) is 9.35. The topological polar surface area (TPSA) is 57.5 Å². The number of amides is 1. The number of hydrogen-bond acceptors (Lipinski definition) is 6. The van der Waals surface area contributed by atoms with Crippen LogP contribution >= 0.6 is 11.8 Å². The number of thioether (sulfide) groups is 1. The van der Waals surface area contributed by atoms with Crippen LogP contribution in [0.5, 0.6) is 0 Å². The van der Waals surface area contributed by atoms with Crippen LogP contribution in [0, 0.1) is 0 Å². The molecule has 1 atom stereocenters. The number of aromatic nitrogens is 3. The third-order valence-electron chi connectivity index (χ3n) is 7.10. The molecule has 3 aromatic rings. The molecule has 8 heteroatoms. The van der Waals surface area contributed by atoms with Crippen LogP contribution in [-0.2, 0) is 11.3 Å². The smallest absolute Gasteiger partial charge is 0.233 e. The van der Waals surface area contributed by atoms with E-state index >= 15 is 0 Å². The van der Waals surface area contributed by atoms with E-state index < -0.39 is 0 Å². The molecular weight excluding hydrogens is 456 g/mol. The summed E-state index contributed by atoms with van der Waals surface area (Å²) in [6.07, 6.45) is 2.49. The van der Waals surface area contributed by atoms with Gasteiger partial charge in [-0.1, -0.05) is 60.3 Å². The summed E-state index contributed by atoms with van der Waals surface area (Å²) in [7, 11) is 0. The number of carbonyl (C=O) groups is 1.